The standard InChI is InChI=1S/C10H16N2.C2H2O4/c1-3-11-12(4-2)10-8-6-5-7-9-10;3-1(4)2(5)6/h5-9,11H,3-4H2,1-2H3;(H,3,4)(H,5,6). The third-order valence-corrected chi connectivity index (χ3v) is 1.92. The molecule has 0 bridgehead atoms. The third kappa shape index (κ3) is 6.49. The van der Waals surface area contributed by atoms with Crippen molar-refractivity contribution in [2.24, 2.45) is 0 Å². The first-order valence-electron chi connectivity index (χ1n) is 5.55. The lowest BCUT2D eigenvalue weighted by Gasteiger charge is -2.22. The van der Waals surface area contributed by atoms with Gasteiger partial charge in [0.1, 0.15) is 0 Å². The normalized spacial score (nSPS) is 9.00. The molecule has 3 N–H and O–H groups in total. The quantitative estimate of drug-likeness (QED) is 0.552. The molecule has 1 rings (SSSR count). The number of carboxylic acids is 2. The van der Waals surface area contributed by atoms with Crippen molar-refractivity contribution in [1.82, 2.24) is 5.43 Å². The van der Waals surface area contributed by atoms with Crippen molar-refractivity contribution in [2.75, 3.05) is 18.1 Å². The predicted octanol–water partition coefficient (Wildman–Crippen LogP) is 1.19. The molecular weight excluding hydrogens is 236 g/mol. The highest BCUT2D eigenvalue weighted by Gasteiger charge is 2.04. The predicted molar refractivity (Wildman–Crippen MR) is 68.4 cm³/mol. The first-order chi connectivity index (χ1) is 8.52. The van der Waals surface area contributed by atoms with Gasteiger partial charge in [0.15, 0.2) is 0 Å². The number of hydrogen-bond acceptors (Lipinski definition) is 4. The lowest BCUT2D eigenvalue weighted by Crippen LogP contribution is -2.37. The van der Waals surface area contributed by atoms with E-state index in [0.29, 0.717) is 0 Å². The molecule has 0 heterocycles. The molecule has 100 valence electrons. The Labute approximate surface area is 106 Å². The van der Waals surface area contributed by atoms with Crippen molar-refractivity contribution < 1.29 is 19.8 Å². The van der Waals surface area contributed by atoms with Gasteiger partial charge in [-0.05, 0) is 19.1 Å². The Morgan fingerprint density at radius 1 is 1.11 bits per heavy atom. The van der Waals surface area contributed by atoms with Gasteiger partial charge >= 0.3 is 11.9 Å². The molecule has 0 aromatic heterocycles. The van der Waals surface area contributed by atoms with Crippen LogP contribution in [0.15, 0.2) is 30.3 Å². The van der Waals surface area contributed by atoms with E-state index in [0.717, 1.165) is 13.1 Å². The van der Waals surface area contributed by atoms with Crippen LogP contribution < -0.4 is 10.4 Å². The number of carboxylic acid groups (broad SMARTS) is 2. The minimum Gasteiger partial charge on any atom is -0.473 e. The fourth-order valence-corrected chi connectivity index (χ4v) is 1.18. The van der Waals surface area contributed by atoms with Crippen LogP contribution in [0.1, 0.15) is 13.8 Å². The molecule has 0 aliphatic rings. The molecule has 0 spiro atoms. The Balaban J connectivity index is 0.000000411. The molecule has 0 aliphatic carbocycles. The lowest BCUT2D eigenvalue weighted by atomic mass is 10.3. The lowest BCUT2D eigenvalue weighted by molar-refractivity contribution is -0.159. The Morgan fingerprint density at radius 3 is 1.94 bits per heavy atom. The maximum atomic E-state index is 9.10. The van der Waals surface area contributed by atoms with Crippen molar-refractivity contribution in [1.29, 1.82) is 0 Å². The Hall–Kier alpha value is -2.08. The van der Waals surface area contributed by atoms with Gasteiger partial charge in [-0.1, -0.05) is 25.1 Å². The third-order valence-electron chi connectivity index (χ3n) is 1.92. The number of nitrogens with zero attached hydrogens (tertiary/aromatic N) is 1. The molecule has 0 amide bonds. The van der Waals surface area contributed by atoms with Gasteiger partial charge in [-0.3, -0.25) is 0 Å². The second-order valence-corrected chi connectivity index (χ2v) is 3.20. The summed E-state index contributed by atoms with van der Waals surface area (Å²) in [5, 5.41) is 16.9. The van der Waals surface area contributed by atoms with Gasteiger partial charge in [0, 0.05) is 13.1 Å². The minimum atomic E-state index is -1.82. The zero-order valence-corrected chi connectivity index (χ0v) is 10.5. The molecule has 6 nitrogen and oxygen atoms in total. The molecule has 0 saturated heterocycles. The number of benzene rings is 1. The first-order valence-corrected chi connectivity index (χ1v) is 5.55. The summed E-state index contributed by atoms with van der Waals surface area (Å²) in [6.07, 6.45) is 0. The monoisotopic (exact) mass is 254 g/mol. The van der Waals surface area contributed by atoms with Gasteiger partial charge in [0.05, 0.1) is 5.69 Å². The molecule has 0 fully saturated rings. The van der Waals surface area contributed by atoms with Gasteiger partial charge in [0.25, 0.3) is 0 Å². The van der Waals surface area contributed by atoms with Crippen LogP contribution in [-0.2, 0) is 9.59 Å². The number of para-hydroxylation sites is 1. The van der Waals surface area contributed by atoms with E-state index in [4.69, 9.17) is 19.8 Å². The molecule has 1 aromatic rings. The maximum absolute atomic E-state index is 9.10. The summed E-state index contributed by atoms with van der Waals surface area (Å²) in [6.45, 7) is 6.18. The van der Waals surface area contributed by atoms with Crippen LogP contribution >= 0.6 is 0 Å². The van der Waals surface area contributed by atoms with Crippen molar-refractivity contribution in [2.45, 2.75) is 13.8 Å². The van der Waals surface area contributed by atoms with Crippen LogP contribution in [0.2, 0.25) is 0 Å². The average molecular weight is 254 g/mol. The van der Waals surface area contributed by atoms with E-state index < -0.39 is 11.9 Å². The molecule has 6 heteroatoms. The highest BCUT2D eigenvalue weighted by Crippen LogP contribution is 2.09. The van der Waals surface area contributed by atoms with Gasteiger partial charge in [-0.2, -0.15) is 0 Å². The van der Waals surface area contributed by atoms with E-state index in [9.17, 15) is 0 Å². The van der Waals surface area contributed by atoms with Crippen molar-refractivity contribution in [3.05, 3.63) is 30.3 Å². The molecule has 0 saturated carbocycles. The summed E-state index contributed by atoms with van der Waals surface area (Å²) in [5.41, 5.74) is 4.51. The minimum absolute atomic E-state index is 0.961. The van der Waals surface area contributed by atoms with E-state index in [-0.39, 0.29) is 0 Å². The fourth-order valence-electron chi connectivity index (χ4n) is 1.18. The number of anilines is 1. The first kappa shape index (κ1) is 15.9. The second-order valence-electron chi connectivity index (χ2n) is 3.20. The van der Waals surface area contributed by atoms with Crippen molar-refractivity contribution in [3.63, 3.8) is 0 Å². The summed E-state index contributed by atoms with van der Waals surface area (Å²) in [6, 6.07) is 10.3. The zero-order valence-electron chi connectivity index (χ0n) is 10.5. The molecule has 0 radical (unpaired) electrons. The summed E-state index contributed by atoms with van der Waals surface area (Å²) in [7, 11) is 0. The topological polar surface area (TPSA) is 89.9 Å². The molecule has 0 unspecified atom stereocenters. The van der Waals surface area contributed by atoms with Crippen LogP contribution in [0.5, 0.6) is 0 Å². The largest absolute Gasteiger partial charge is 0.473 e. The molecule has 1 aromatic carbocycles. The van der Waals surface area contributed by atoms with E-state index in [1.54, 1.807) is 0 Å². The summed E-state index contributed by atoms with van der Waals surface area (Å²) in [5.74, 6) is -3.65. The second kappa shape index (κ2) is 9.00. The van der Waals surface area contributed by atoms with E-state index in [1.165, 1.54) is 5.69 Å². The summed E-state index contributed by atoms with van der Waals surface area (Å²) >= 11 is 0. The number of hydrogen-bond donors (Lipinski definition) is 3. The molecule has 18 heavy (non-hydrogen) atoms. The van der Waals surface area contributed by atoms with E-state index in [2.05, 4.69) is 48.5 Å². The van der Waals surface area contributed by atoms with Gasteiger partial charge in [-0.15, -0.1) is 0 Å². The van der Waals surface area contributed by atoms with Crippen LogP contribution in [-0.4, -0.2) is 35.2 Å². The van der Waals surface area contributed by atoms with E-state index >= 15 is 0 Å². The highest BCUT2D eigenvalue weighted by atomic mass is 16.4. The van der Waals surface area contributed by atoms with Crippen LogP contribution in [0.4, 0.5) is 5.69 Å². The number of hydrazine groups is 1. The van der Waals surface area contributed by atoms with Gasteiger partial charge in [-0.25, -0.2) is 15.0 Å². The SMILES string of the molecule is CCNN(CC)c1ccccc1.O=C(O)C(=O)O. The number of carbonyl (C=O) groups is 2. The van der Waals surface area contributed by atoms with Gasteiger partial charge < -0.3 is 15.2 Å². The summed E-state index contributed by atoms with van der Waals surface area (Å²) < 4.78 is 0. The Morgan fingerprint density at radius 2 is 1.61 bits per heavy atom. The van der Waals surface area contributed by atoms with Gasteiger partial charge in [0.2, 0.25) is 0 Å². The Kier molecular flexibility index (Phi) is 7.96. The maximum Gasteiger partial charge on any atom is 0.414 e. The number of aliphatic carboxylic acids is 2. The van der Waals surface area contributed by atoms with Crippen LogP contribution in [0, 0.1) is 0 Å². The van der Waals surface area contributed by atoms with Crippen LogP contribution in [0.3, 0.4) is 0 Å². The summed E-state index contributed by atoms with van der Waals surface area (Å²) in [4.78, 5) is 18.2. The zero-order chi connectivity index (χ0) is 14.0. The van der Waals surface area contributed by atoms with Crippen molar-refractivity contribution in [3.8, 4) is 0 Å². The fraction of sp³-hybridized carbons (Fsp3) is 0.333. The van der Waals surface area contributed by atoms with Crippen LogP contribution in [0.25, 0.3) is 0 Å². The Bertz CT molecular complexity index is 356. The van der Waals surface area contributed by atoms with Crippen molar-refractivity contribution >= 4 is 17.6 Å². The molecule has 0 aliphatic heterocycles. The molecular formula is C12H18N2O4. The average Bonchev–Trinajstić information content (AvgIpc) is 2.37. The highest BCUT2D eigenvalue weighted by molar-refractivity contribution is 6.27. The van der Waals surface area contributed by atoms with E-state index in [1.807, 2.05) is 6.07 Å². The number of nitrogens with one attached hydrogen (secondary N) is 1. The number of rotatable bonds is 4. The molecule has 0 atom stereocenters. The smallest absolute Gasteiger partial charge is 0.414 e.